The number of methoxy groups -OCH3 is 2. The molecule has 5 rings (SSSR count). The molecule has 0 spiro atoms. The number of ether oxygens (including phenoxy) is 3. The molecule has 3 aromatic rings. The van der Waals surface area contributed by atoms with Crippen LogP contribution in [0.15, 0.2) is 31.0 Å². The minimum atomic E-state index is -0.946. The molecule has 0 unspecified atom stereocenters. The van der Waals surface area contributed by atoms with E-state index in [0.717, 1.165) is 6.07 Å². The third-order valence-corrected chi connectivity index (χ3v) is 7.24. The molecule has 12 heteroatoms. The van der Waals surface area contributed by atoms with E-state index in [-0.39, 0.29) is 48.0 Å². The molecule has 2 atom stereocenters. The number of β-amino-alcohol motifs (C(OH)–C–C–N with tert-alkyl or cyclic N) is 1. The van der Waals surface area contributed by atoms with Gasteiger partial charge in [-0.25, -0.2) is 23.7 Å². The number of pyridine rings is 1. The lowest BCUT2D eigenvalue weighted by Crippen LogP contribution is -2.60. The first-order valence-corrected chi connectivity index (χ1v) is 12.9. The minimum absolute atomic E-state index is 0.00534. The van der Waals surface area contributed by atoms with Crippen molar-refractivity contribution in [2.75, 3.05) is 50.7 Å². The number of fused-ring (bicyclic) bond motifs is 1. The maximum atomic E-state index is 15.4. The Bertz CT molecular complexity index is 1430. The number of hydrogen-bond acceptors (Lipinski definition) is 10. The zero-order valence-electron chi connectivity index (χ0n) is 22.5. The van der Waals surface area contributed by atoms with Crippen molar-refractivity contribution >= 4 is 28.5 Å². The molecule has 4 heterocycles. The lowest BCUT2D eigenvalue weighted by atomic mass is 9.90. The predicted molar refractivity (Wildman–Crippen MR) is 145 cm³/mol. The second kappa shape index (κ2) is 10.9. The lowest BCUT2D eigenvalue weighted by Gasteiger charge is -2.45. The van der Waals surface area contributed by atoms with Gasteiger partial charge in [0.15, 0.2) is 34.7 Å². The highest BCUT2D eigenvalue weighted by molar-refractivity contribution is 5.93. The van der Waals surface area contributed by atoms with Crippen LogP contribution >= 0.6 is 0 Å². The van der Waals surface area contributed by atoms with Crippen molar-refractivity contribution in [2.24, 2.45) is 5.92 Å². The topological polar surface area (TPSA) is 119 Å². The van der Waals surface area contributed by atoms with Crippen molar-refractivity contribution in [3.05, 3.63) is 42.6 Å². The summed E-state index contributed by atoms with van der Waals surface area (Å²) in [6.07, 6.45) is 3.89. The molecule has 0 radical (unpaired) electrons. The molecule has 0 amide bonds. The van der Waals surface area contributed by atoms with Gasteiger partial charge in [0.2, 0.25) is 5.95 Å². The highest BCUT2D eigenvalue weighted by Gasteiger charge is 2.39. The molecule has 0 bridgehead atoms. The summed E-state index contributed by atoms with van der Waals surface area (Å²) in [6, 6.07) is 2.42. The quantitative estimate of drug-likeness (QED) is 0.380. The van der Waals surface area contributed by atoms with Crippen LogP contribution in [0.2, 0.25) is 0 Å². The van der Waals surface area contributed by atoms with E-state index >= 15 is 8.78 Å². The lowest BCUT2D eigenvalue weighted by molar-refractivity contribution is -0.116. The summed E-state index contributed by atoms with van der Waals surface area (Å²) in [5.74, 6) is -1.65. The average molecular weight is 556 g/mol. The summed E-state index contributed by atoms with van der Waals surface area (Å²) >= 11 is 0. The molecular formula is C28H31F2N5O5. The van der Waals surface area contributed by atoms with Gasteiger partial charge in [-0.15, -0.1) is 0 Å². The normalized spacial score (nSPS) is 20.1. The van der Waals surface area contributed by atoms with Crippen LogP contribution in [-0.2, 0) is 9.53 Å². The van der Waals surface area contributed by atoms with E-state index in [1.54, 1.807) is 11.8 Å². The van der Waals surface area contributed by atoms with E-state index in [0.29, 0.717) is 48.7 Å². The molecule has 40 heavy (non-hydrogen) atoms. The number of nitrogens with one attached hydrogen (secondary N) is 1. The van der Waals surface area contributed by atoms with E-state index in [4.69, 9.17) is 19.2 Å². The first-order chi connectivity index (χ1) is 19.1. The number of halogens is 2. The summed E-state index contributed by atoms with van der Waals surface area (Å²) in [5.41, 5.74) is -0.932. The Morgan fingerprint density at radius 2 is 1.95 bits per heavy atom. The van der Waals surface area contributed by atoms with Gasteiger partial charge in [0.25, 0.3) is 0 Å². The molecule has 2 aromatic heterocycles. The number of aliphatic hydroxyl groups is 1. The van der Waals surface area contributed by atoms with Crippen LogP contribution in [-0.4, -0.2) is 78.0 Å². The van der Waals surface area contributed by atoms with Gasteiger partial charge in [-0.1, -0.05) is 6.58 Å². The third kappa shape index (κ3) is 5.28. The minimum Gasteiger partial charge on any atom is -0.494 e. The van der Waals surface area contributed by atoms with Crippen LogP contribution in [0.4, 0.5) is 20.5 Å². The molecule has 1 aromatic carbocycles. The first kappa shape index (κ1) is 27.7. The van der Waals surface area contributed by atoms with Crippen molar-refractivity contribution in [1.82, 2.24) is 15.0 Å². The predicted octanol–water partition coefficient (Wildman–Crippen LogP) is 3.52. The van der Waals surface area contributed by atoms with E-state index in [1.165, 1.54) is 32.6 Å². The molecule has 0 saturated carbocycles. The number of benzene rings is 1. The number of ketones is 1. The van der Waals surface area contributed by atoms with E-state index < -0.39 is 22.8 Å². The van der Waals surface area contributed by atoms with Crippen LogP contribution in [0.1, 0.15) is 19.8 Å². The molecule has 2 saturated heterocycles. The maximum absolute atomic E-state index is 15.4. The second-order valence-electron chi connectivity index (χ2n) is 10.3. The van der Waals surface area contributed by atoms with Crippen molar-refractivity contribution < 1.29 is 32.9 Å². The number of allylic oxidation sites excluding steroid dienone is 1. The number of rotatable bonds is 9. The molecule has 10 nitrogen and oxygen atoms in total. The number of carbonyl (C=O) groups excluding carboxylic acids is 1. The average Bonchev–Trinajstić information content (AvgIpc) is 2.92. The fraction of sp³-hybridized carbons (Fsp3) is 0.429. The largest absolute Gasteiger partial charge is 0.494 e. The number of aromatic nitrogens is 3. The Morgan fingerprint density at radius 1 is 1.25 bits per heavy atom. The van der Waals surface area contributed by atoms with Crippen LogP contribution < -0.4 is 19.7 Å². The molecule has 212 valence electrons. The van der Waals surface area contributed by atoms with Crippen molar-refractivity contribution in [3.8, 4) is 22.8 Å². The van der Waals surface area contributed by atoms with Gasteiger partial charge in [-0.2, -0.15) is 0 Å². The second-order valence-corrected chi connectivity index (χ2v) is 10.3. The van der Waals surface area contributed by atoms with Gasteiger partial charge in [0.1, 0.15) is 5.52 Å². The van der Waals surface area contributed by atoms with Crippen molar-refractivity contribution in [1.29, 1.82) is 0 Å². The van der Waals surface area contributed by atoms with E-state index in [2.05, 4.69) is 21.9 Å². The number of nitrogens with zero attached hydrogens (tertiary/aromatic N) is 4. The summed E-state index contributed by atoms with van der Waals surface area (Å²) in [5, 5.41) is 14.2. The van der Waals surface area contributed by atoms with Gasteiger partial charge >= 0.3 is 0 Å². The monoisotopic (exact) mass is 555 g/mol. The molecular weight excluding hydrogens is 524 g/mol. The van der Waals surface area contributed by atoms with Gasteiger partial charge in [-0.05, 0) is 31.4 Å². The smallest absolute Gasteiger partial charge is 0.223 e. The maximum Gasteiger partial charge on any atom is 0.223 e. The fourth-order valence-corrected chi connectivity index (χ4v) is 5.17. The van der Waals surface area contributed by atoms with Gasteiger partial charge in [-0.3, -0.25) is 4.79 Å². The highest BCUT2D eigenvalue weighted by Crippen LogP contribution is 2.40. The summed E-state index contributed by atoms with van der Waals surface area (Å²) in [7, 11) is 2.55. The van der Waals surface area contributed by atoms with Crippen molar-refractivity contribution in [2.45, 2.75) is 31.4 Å². The number of anilines is 2. The Kier molecular flexibility index (Phi) is 7.56. The molecule has 2 aliphatic rings. The zero-order valence-corrected chi connectivity index (χ0v) is 22.5. The van der Waals surface area contributed by atoms with Crippen LogP contribution in [0.5, 0.6) is 11.5 Å². The Labute approximate surface area is 230 Å². The molecule has 2 aliphatic heterocycles. The standard InChI is InChI=1S/C28H31F2N5O5/c1-5-17(36)8-15-6-7-40-12-19(15)33-27-31-11-16-9-18(22-23(29)20(38-3)10-21(39-4)24(22)30)32-26(25(16)34-27)35-13-28(2,37)14-35/h5,9-11,15,19,37H,1,6-8,12-14H2,2-4H3,(H,31,33,34)/t15-,19-/m1/s1. The van der Waals surface area contributed by atoms with Crippen molar-refractivity contribution in [3.63, 3.8) is 0 Å². The summed E-state index contributed by atoms with van der Waals surface area (Å²) in [6.45, 7) is 6.69. The summed E-state index contributed by atoms with van der Waals surface area (Å²) in [4.78, 5) is 27.5. The van der Waals surface area contributed by atoms with E-state index in [9.17, 15) is 9.90 Å². The van der Waals surface area contributed by atoms with Gasteiger partial charge < -0.3 is 29.5 Å². The number of hydrogen-bond donors (Lipinski definition) is 2. The zero-order chi connectivity index (χ0) is 28.6. The number of carbonyl (C=O) groups is 1. The van der Waals surface area contributed by atoms with Crippen LogP contribution in [0.25, 0.3) is 22.2 Å². The summed E-state index contributed by atoms with van der Waals surface area (Å²) < 4.78 is 46.6. The fourth-order valence-electron chi connectivity index (χ4n) is 5.17. The Balaban J connectivity index is 1.58. The molecule has 2 fully saturated rings. The Morgan fingerprint density at radius 3 is 2.58 bits per heavy atom. The van der Waals surface area contributed by atoms with Gasteiger partial charge in [0, 0.05) is 43.8 Å². The van der Waals surface area contributed by atoms with Gasteiger partial charge in [0.05, 0.1) is 43.7 Å². The third-order valence-electron chi connectivity index (χ3n) is 7.24. The van der Waals surface area contributed by atoms with Crippen LogP contribution in [0.3, 0.4) is 0 Å². The first-order valence-electron chi connectivity index (χ1n) is 12.9. The van der Waals surface area contributed by atoms with E-state index in [1.807, 2.05) is 0 Å². The highest BCUT2D eigenvalue weighted by atomic mass is 19.1. The van der Waals surface area contributed by atoms with Crippen LogP contribution in [0, 0.1) is 17.6 Å². The SMILES string of the molecule is C=CC(=O)C[C@H]1CCOC[C@H]1Nc1ncc2cc(-c3c(F)c(OC)cc(OC)c3F)nc(N3CC(C)(O)C3)c2n1. The Hall–Kier alpha value is -3.90. The molecule has 2 N–H and O–H groups in total. The molecule has 0 aliphatic carbocycles.